The van der Waals surface area contributed by atoms with Crippen molar-refractivity contribution in [2.24, 2.45) is 0 Å². The third-order valence-corrected chi connectivity index (χ3v) is 3.43. The second-order valence-corrected chi connectivity index (χ2v) is 5.50. The molecule has 19 heavy (non-hydrogen) atoms. The van der Waals surface area contributed by atoms with E-state index in [4.69, 9.17) is 16.3 Å². The van der Waals surface area contributed by atoms with Gasteiger partial charge in [-0.05, 0) is 38.0 Å². The van der Waals surface area contributed by atoms with Gasteiger partial charge in [-0.25, -0.2) is 0 Å². The molecule has 1 aromatic carbocycles. The Morgan fingerprint density at radius 1 is 1.53 bits per heavy atom. The predicted molar refractivity (Wildman–Crippen MR) is 76.5 cm³/mol. The summed E-state index contributed by atoms with van der Waals surface area (Å²) in [7, 11) is 0. The van der Waals surface area contributed by atoms with Gasteiger partial charge in [0, 0.05) is 23.9 Å². The van der Waals surface area contributed by atoms with Crippen molar-refractivity contribution in [3.8, 4) is 0 Å². The molecule has 5 heteroatoms. The maximum Gasteiger partial charge on any atom is 0.238 e. The number of nitrogens with one attached hydrogen (secondary N) is 2. The topological polar surface area (TPSA) is 50.4 Å². The van der Waals surface area contributed by atoms with Crippen LogP contribution in [-0.4, -0.2) is 31.2 Å². The zero-order valence-corrected chi connectivity index (χ0v) is 11.8. The first-order valence-electron chi connectivity index (χ1n) is 6.48. The molecule has 0 saturated carbocycles. The summed E-state index contributed by atoms with van der Waals surface area (Å²) in [6.45, 7) is 3.84. The van der Waals surface area contributed by atoms with Crippen molar-refractivity contribution in [3.63, 3.8) is 0 Å². The lowest BCUT2D eigenvalue weighted by atomic mass is 10.0. The van der Waals surface area contributed by atoms with E-state index in [-0.39, 0.29) is 18.1 Å². The highest BCUT2D eigenvalue weighted by molar-refractivity contribution is 6.30. The minimum absolute atomic E-state index is 0.0798. The Morgan fingerprint density at radius 2 is 2.37 bits per heavy atom. The van der Waals surface area contributed by atoms with Gasteiger partial charge in [0.05, 0.1) is 12.1 Å². The van der Waals surface area contributed by atoms with E-state index >= 15 is 0 Å². The molecule has 1 amide bonds. The first-order valence-corrected chi connectivity index (χ1v) is 6.85. The van der Waals surface area contributed by atoms with Crippen LogP contribution in [-0.2, 0) is 9.53 Å². The zero-order chi connectivity index (χ0) is 13.7. The number of carbonyl (C=O) groups excluding carboxylic acids is 1. The van der Waals surface area contributed by atoms with E-state index < -0.39 is 0 Å². The maximum absolute atomic E-state index is 11.7. The predicted octanol–water partition coefficient (Wildman–Crippen LogP) is 2.44. The van der Waals surface area contributed by atoms with Crippen LogP contribution in [0.2, 0.25) is 5.02 Å². The third kappa shape index (κ3) is 4.49. The number of amides is 1. The lowest BCUT2D eigenvalue weighted by Crippen LogP contribution is -2.40. The molecule has 0 aliphatic carbocycles. The fourth-order valence-electron chi connectivity index (χ4n) is 2.19. The van der Waals surface area contributed by atoms with Gasteiger partial charge >= 0.3 is 0 Å². The lowest BCUT2D eigenvalue weighted by molar-refractivity contribution is -0.115. The Hall–Kier alpha value is -1.10. The monoisotopic (exact) mass is 282 g/mol. The highest BCUT2D eigenvalue weighted by Crippen LogP contribution is 2.23. The van der Waals surface area contributed by atoms with Gasteiger partial charge in [-0.15, -0.1) is 0 Å². The Labute approximate surface area is 118 Å². The van der Waals surface area contributed by atoms with Gasteiger partial charge in [0.1, 0.15) is 0 Å². The van der Waals surface area contributed by atoms with Gasteiger partial charge in [0.2, 0.25) is 5.91 Å². The number of hydrogen-bond donors (Lipinski definition) is 2. The average Bonchev–Trinajstić information content (AvgIpc) is 2.76. The van der Waals surface area contributed by atoms with Gasteiger partial charge in [0.25, 0.3) is 0 Å². The quantitative estimate of drug-likeness (QED) is 0.872. The molecule has 4 nitrogen and oxygen atoms in total. The van der Waals surface area contributed by atoms with Crippen molar-refractivity contribution in [1.29, 1.82) is 0 Å². The summed E-state index contributed by atoms with van der Waals surface area (Å²) < 4.78 is 5.64. The summed E-state index contributed by atoms with van der Waals surface area (Å²) in [5.74, 6) is -0.0798. The van der Waals surface area contributed by atoms with E-state index in [0.29, 0.717) is 17.3 Å². The highest BCUT2D eigenvalue weighted by Gasteiger charge is 2.29. The number of hydrogen-bond acceptors (Lipinski definition) is 3. The Kier molecular flexibility index (Phi) is 4.80. The Bertz CT molecular complexity index is 445. The van der Waals surface area contributed by atoms with Crippen LogP contribution in [0.1, 0.15) is 19.8 Å². The van der Waals surface area contributed by atoms with Crippen LogP contribution in [0.3, 0.4) is 0 Å². The highest BCUT2D eigenvalue weighted by atomic mass is 35.5. The van der Waals surface area contributed by atoms with E-state index in [0.717, 1.165) is 19.4 Å². The average molecular weight is 283 g/mol. The van der Waals surface area contributed by atoms with Crippen LogP contribution in [0, 0.1) is 0 Å². The zero-order valence-electron chi connectivity index (χ0n) is 11.0. The first-order chi connectivity index (χ1) is 9.07. The van der Waals surface area contributed by atoms with E-state index in [9.17, 15) is 4.79 Å². The Morgan fingerprint density at radius 3 is 3.05 bits per heavy atom. The molecule has 1 unspecified atom stereocenters. The molecule has 0 bridgehead atoms. The second kappa shape index (κ2) is 6.37. The molecular weight excluding hydrogens is 264 g/mol. The minimum atomic E-state index is -0.129. The SMILES string of the molecule is CC1(CNCC(=O)Nc2cccc(Cl)c2)CCCO1. The number of halogens is 1. The molecule has 104 valence electrons. The maximum atomic E-state index is 11.7. The second-order valence-electron chi connectivity index (χ2n) is 5.06. The molecule has 2 N–H and O–H groups in total. The van der Waals surface area contributed by atoms with E-state index in [1.165, 1.54) is 0 Å². The Balaban J connectivity index is 1.73. The largest absolute Gasteiger partial charge is 0.374 e. The molecule has 0 spiro atoms. The van der Waals surface area contributed by atoms with Gasteiger partial charge in [-0.2, -0.15) is 0 Å². The summed E-state index contributed by atoms with van der Waals surface area (Å²) in [5.41, 5.74) is 0.582. The van der Waals surface area contributed by atoms with Crippen molar-refractivity contribution in [3.05, 3.63) is 29.3 Å². The van der Waals surface area contributed by atoms with Crippen LogP contribution in [0.4, 0.5) is 5.69 Å². The summed E-state index contributed by atoms with van der Waals surface area (Å²) >= 11 is 5.85. The van der Waals surface area contributed by atoms with Crippen molar-refractivity contribution >= 4 is 23.2 Å². The van der Waals surface area contributed by atoms with E-state index in [1.54, 1.807) is 18.2 Å². The van der Waals surface area contributed by atoms with Crippen molar-refractivity contribution < 1.29 is 9.53 Å². The number of benzene rings is 1. The van der Waals surface area contributed by atoms with Gasteiger partial charge in [-0.1, -0.05) is 17.7 Å². The van der Waals surface area contributed by atoms with Crippen LogP contribution in [0.25, 0.3) is 0 Å². The standard InChI is InChI=1S/C14H19ClN2O2/c1-14(6-3-7-19-14)10-16-9-13(18)17-12-5-2-4-11(15)8-12/h2,4-5,8,16H,3,6-7,9-10H2,1H3,(H,17,18). The van der Waals surface area contributed by atoms with Gasteiger partial charge in [0.15, 0.2) is 0 Å². The van der Waals surface area contributed by atoms with Gasteiger partial charge in [-0.3, -0.25) is 4.79 Å². The van der Waals surface area contributed by atoms with Crippen LogP contribution < -0.4 is 10.6 Å². The first kappa shape index (κ1) is 14.3. The molecule has 1 saturated heterocycles. The number of anilines is 1. The lowest BCUT2D eigenvalue weighted by Gasteiger charge is -2.23. The molecule has 1 heterocycles. The molecule has 1 aliphatic rings. The van der Waals surface area contributed by atoms with Crippen LogP contribution in [0.5, 0.6) is 0 Å². The normalized spacial score (nSPS) is 22.4. The molecule has 2 rings (SSSR count). The summed E-state index contributed by atoms with van der Waals surface area (Å²) in [5, 5.41) is 6.54. The van der Waals surface area contributed by atoms with Crippen molar-refractivity contribution in [2.45, 2.75) is 25.4 Å². The van der Waals surface area contributed by atoms with Gasteiger partial charge < -0.3 is 15.4 Å². The van der Waals surface area contributed by atoms with E-state index in [2.05, 4.69) is 17.6 Å². The molecule has 1 aromatic rings. The van der Waals surface area contributed by atoms with Crippen LogP contribution >= 0.6 is 11.6 Å². The smallest absolute Gasteiger partial charge is 0.238 e. The number of carbonyl (C=O) groups is 1. The van der Waals surface area contributed by atoms with Crippen molar-refractivity contribution in [2.75, 3.05) is 25.0 Å². The molecular formula is C14H19ClN2O2. The third-order valence-electron chi connectivity index (χ3n) is 3.19. The summed E-state index contributed by atoms with van der Waals surface area (Å²) in [4.78, 5) is 11.7. The molecule has 0 radical (unpaired) electrons. The fourth-order valence-corrected chi connectivity index (χ4v) is 2.38. The summed E-state index contributed by atoms with van der Waals surface area (Å²) in [6, 6.07) is 7.11. The molecule has 0 aromatic heterocycles. The van der Waals surface area contributed by atoms with Crippen LogP contribution in [0.15, 0.2) is 24.3 Å². The van der Waals surface area contributed by atoms with Crippen molar-refractivity contribution in [1.82, 2.24) is 5.32 Å². The number of ether oxygens (including phenoxy) is 1. The molecule has 1 atom stereocenters. The summed E-state index contributed by atoms with van der Waals surface area (Å²) in [6.07, 6.45) is 2.13. The van der Waals surface area contributed by atoms with E-state index in [1.807, 2.05) is 6.07 Å². The number of rotatable bonds is 5. The molecule has 1 aliphatic heterocycles. The molecule has 1 fully saturated rings. The minimum Gasteiger partial charge on any atom is -0.374 e. The fraction of sp³-hybridized carbons (Fsp3) is 0.500.